The molecule has 3 rings (SSSR count). The van der Waals surface area contributed by atoms with Crippen molar-refractivity contribution in [3.63, 3.8) is 0 Å². The number of pyridine rings is 1. The van der Waals surface area contributed by atoms with Gasteiger partial charge in [-0.1, -0.05) is 11.8 Å². The average molecular weight is 416 g/mol. The molecule has 0 spiro atoms. The second-order valence-electron chi connectivity index (χ2n) is 5.69. The van der Waals surface area contributed by atoms with E-state index in [0.717, 1.165) is 11.3 Å². The Labute approximate surface area is 169 Å². The van der Waals surface area contributed by atoms with E-state index in [1.807, 2.05) is 12.3 Å². The number of carbonyl (C=O) groups excluding carboxylic acids is 1. The first-order valence-electron chi connectivity index (χ1n) is 8.12. The minimum absolute atomic E-state index is 0.129. The van der Waals surface area contributed by atoms with E-state index in [1.165, 1.54) is 36.3 Å². The van der Waals surface area contributed by atoms with Crippen LogP contribution in [0.5, 0.6) is 5.88 Å². The van der Waals surface area contributed by atoms with Crippen molar-refractivity contribution in [1.82, 2.24) is 15.3 Å². The van der Waals surface area contributed by atoms with Gasteiger partial charge in [0.05, 0.1) is 16.9 Å². The van der Waals surface area contributed by atoms with Crippen molar-refractivity contribution in [2.45, 2.75) is 22.7 Å². The van der Waals surface area contributed by atoms with Gasteiger partial charge < -0.3 is 10.1 Å². The number of thiazole rings is 1. The summed E-state index contributed by atoms with van der Waals surface area (Å²) in [6.45, 7) is 2.11. The standard InChI is InChI=1S/C18H16N4O4S2/c1-11-10-27-18(21-11)28-15-4-3-13(8-14(15)22(24)25)17(23)20-9-12-5-6-19-16(7-12)26-2/h3-8,10H,9H2,1-2H3,(H,20,23). The number of benzene rings is 1. The summed E-state index contributed by atoms with van der Waals surface area (Å²) in [4.78, 5) is 32.1. The number of hydrogen-bond donors (Lipinski definition) is 1. The van der Waals surface area contributed by atoms with Crippen LogP contribution >= 0.6 is 23.1 Å². The molecule has 0 aliphatic carbocycles. The number of carbonyl (C=O) groups is 1. The number of ether oxygens (including phenoxy) is 1. The van der Waals surface area contributed by atoms with E-state index in [-0.39, 0.29) is 17.8 Å². The first-order chi connectivity index (χ1) is 13.5. The zero-order chi connectivity index (χ0) is 20.1. The lowest BCUT2D eigenvalue weighted by Gasteiger charge is -2.08. The molecule has 2 aromatic heterocycles. The summed E-state index contributed by atoms with van der Waals surface area (Å²) < 4.78 is 5.76. The van der Waals surface area contributed by atoms with Gasteiger partial charge in [-0.05, 0) is 30.7 Å². The smallest absolute Gasteiger partial charge is 0.284 e. The van der Waals surface area contributed by atoms with Gasteiger partial charge in [0.1, 0.15) is 0 Å². The van der Waals surface area contributed by atoms with Crippen LogP contribution in [0.25, 0.3) is 0 Å². The Bertz CT molecular complexity index is 1020. The molecule has 0 atom stereocenters. The van der Waals surface area contributed by atoms with Gasteiger partial charge in [-0.15, -0.1) is 11.3 Å². The molecule has 8 nitrogen and oxygen atoms in total. The van der Waals surface area contributed by atoms with Gasteiger partial charge in [-0.25, -0.2) is 9.97 Å². The molecule has 0 saturated heterocycles. The highest BCUT2D eigenvalue weighted by Gasteiger charge is 2.19. The molecule has 0 saturated carbocycles. The van der Waals surface area contributed by atoms with Crippen LogP contribution < -0.4 is 10.1 Å². The van der Waals surface area contributed by atoms with E-state index >= 15 is 0 Å². The molecule has 0 aliphatic heterocycles. The third-order valence-electron chi connectivity index (χ3n) is 3.67. The van der Waals surface area contributed by atoms with Gasteiger partial charge in [-0.2, -0.15) is 0 Å². The number of nitrogens with zero attached hydrogens (tertiary/aromatic N) is 3. The van der Waals surface area contributed by atoms with Crippen molar-refractivity contribution in [1.29, 1.82) is 0 Å². The Hall–Kier alpha value is -2.98. The van der Waals surface area contributed by atoms with Crippen molar-refractivity contribution in [2.24, 2.45) is 0 Å². The number of aryl methyl sites for hydroxylation is 1. The zero-order valence-corrected chi connectivity index (χ0v) is 16.7. The molecule has 1 amide bonds. The quantitative estimate of drug-likeness (QED) is 0.460. The van der Waals surface area contributed by atoms with E-state index in [9.17, 15) is 14.9 Å². The number of amides is 1. The summed E-state index contributed by atoms with van der Waals surface area (Å²) in [7, 11) is 1.51. The second kappa shape index (κ2) is 8.81. The maximum Gasteiger partial charge on any atom is 0.284 e. The average Bonchev–Trinajstić information content (AvgIpc) is 3.11. The van der Waals surface area contributed by atoms with Crippen LogP contribution in [0.1, 0.15) is 21.6 Å². The number of nitrogens with one attached hydrogen (secondary N) is 1. The zero-order valence-electron chi connectivity index (χ0n) is 15.0. The lowest BCUT2D eigenvalue weighted by Crippen LogP contribution is -2.23. The van der Waals surface area contributed by atoms with Crippen molar-refractivity contribution in [3.05, 3.63) is 68.8 Å². The second-order valence-corrected chi connectivity index (χ2v) is 7.83. The molecule has 3 aromatic rings. The fourth-order valence-electron chi connectivity index (χ4n) is 2.32. The third-order valence-corrected chi connectivity index (χ3v) is 5.80. The highest BCUT2D eigenvalue weighted by molar-refractivity contribution is 8.01. The van der Waals surface area contributed by atoms with Crippen molar-refractivity contribution < 1.29 is 14.5 Å². The molecule has 2 heterocycles. The van der Waals surface area contributed by atoms with Gasteiger partial charge in [0.2, 0.25) is 5.88 Å². The Morgan fingerprint density at radius 2 is 2.18 bits per heavy atom. The lowest BCUT2D eigenvalue weighted by atomic mass is 10.2. The van der Waals surface area contributed by atoms with E-state index in [1.54, 1.807) is 30.5 Å². The lowest BCUT2D eigenvalue weighted by molar-refractivity contribution is -0.387. The van der Waals surface area contributed by atoms with Crippen molar-refractivity contribution in [2.75, 3.05) is 7.11 Å². The minimum Gasteiger partial charge on any atom is -0.481 e. The van der Waals surface area contributed by atoms with Crippen LogP contribution in [0.15, 0.2) is 51.1 Å². The van der Waals surface area contributed by atoms with Gasteiger partial charge >= 0.3 is 0 Å². The monoisotopic (exact) mass is 416 g/mol. The number of hydrogen-bond acceptors (Lipinski definition) is 8. The Morgan fingerprint density at radius 1 is 1.36 bits per heavy atom. The SMILES string of the molecule is COc1cc(CNC(=O)c2ccc(Sc3nc(C)cs3)c([N+](=O)[O-])c2)ccn1. The highest BCUT2D eigenvalue weighted by Crippen LogP contribution is 2.36. The van der Waals surface area contributed by atoms with Crippen molar-refractivity contribution >= 4 is 34.7 Å². The normalized spacial score (nSPS) is 10.5. The topological polar surface area (TPSA) is 107 Å². The fourth-order valence-corrected chi connectivity index (χ4v) is 4.20. The summed E-state index contributed by atoms with van der Waals surface area (Å²) in [6.07, 6.45) is 1.58. The number of nitro benzene ring substituents is 1. The number of methoxy groups -OCH3 is 1. The molecule has 0 aliphatic rings. The largest absolute Gasteiger partial charge is 0.481 e. The number of aromatic nitrogens is 2. The third kappa shape index (κ3) is 4.84. The molecule has 0 radical (unpaired) electrons. The molecular weight excluding hydrogens is 400 g/mol. The number of nitro groups is 1. The summed E-state index contributed by atoms with van der Waals surface area (Å²) in [5, 5.41) is 16.1. The van der Waals surface area contributed by atoms with Gasteiger partial charge in [0.25, 0.3) is 11.6 Å². The van der Waals surface area contributed by atoms with Gasteiger partial charge in [-0.3, -0.25) is 14.9 Å². The maximum absolute atomic E-state index is 12.4. The van der Waals surface area contributed by atoms with Crippen LogP contribution in [0.2, 0.25) is 0 Å². The minimum atomic E-state index is -0.493. The highest BCUT2D eigenvalue weighted by atomic mass is 32.2. The molecule has 10 heteroatoms. The molecule has 0 bridgehead atoms. The van der Waals surface area contributed by atoms with Crippen LogP contribution in [-0.4, -0.2) is 27.9 Å². The Kier molecular flexibility index (Phi) is 6.22. The fraction of sp³-hybridized carbons (Fsp3) is 0.167. The first kappa shape index (κ1) is 19.8. The van der Waals surface area contributed by atoms with Crippen molar-refractivity contribution in [3.8, 4) is 5.88 Å². The molecule has 1 N–H and O–H groups in total. The molecule has 0 unspecified atom stereocenters. The predicted octanol–water partition coefficient (Wildman–Crippen LogP) is 3.84. The predicted molar refractivity (Wildman–Crippen MR) is 106 cm³/mol. The van der Waals surface area contributed by atoms with E-state index < -0.39 is 10.8 Å². The molecule has 0 fully saturated rings. The van der Waals surface area contributed by atoms with Crippen LogP contribution in [0, 0.1) is 17.0 Å². The molecule has 1 aromatic carbocycles. The van der Waals surface area contributed by atoms with Gasteiger partial charge in [0, 0.05) is 41.5 Å². The molecular formula is C18H16N4O4S2. The van der Waals surface area contributed by atoms with Crippen LogP contribution in [0.3, 0.4) is 0 Å². The summed E-state index contributed by atoms with van der Waals surface area (Å²) in [6, 6.07) is 7.88. The summed E-state index contributed by atoms with van der Waals surface area (Å²) in [5.41, 5.74) is 1.75. The summed E-state index contributed by atoms with van der Waals surface area (Å²) >= 11 is 2.63. The van der Waals surface area contributed by atoms with E-state index in [0.29, 0.717) is 15.1 Å². The molecule has 28 heavy (non-hydrogen) atoms. The Morgan fingerprint density at radius 3 is 2.86 bits per heavy atom. The van der Waals surface area contributed by atoms with Crippen LogP contribution in [-0.2, 0) is 6.54 Å². The van der Waals surface area contributed by atoms with Crippen LogP contribution in [0.4, 0.5) is 5.69 Å². The number of rotatable bonds is 7. The van der Waals surface area contributed by atoms with E-state index in [2.05, 4.69) is 15.3 Å². The Balaban J connectivity index is 1.74. The first-order valence-corrected chi connectivity index (χ1v) is 9.81. The summed E-state index contributed by atoms with van der Waals surface area (Å²) in [5.74, 6) is 0.0432. The van der Waals surface area contributed by atoms with Gasteiger partial charge in [0.15, 0.2) is 4.34 Å². The molecule has 144 valence electrons. The van der Waals surface area contributed by atoms with E-state index in [4.69, 9.17) is 4.74 Å². The maximum atomic E-state index is 12.4.